The highest BCUT2D eigenvalue weighted by Crippen LogP contribution is 2.21. The van der Waals surface area contributed by atoms with Crippen molar-refractivity contribution in [2.45, 2.75) is 18.4 Å². The molecule has 0 aliphatic heterocycles. The molecule has 0 heterocycles. The SMILES string of the molecule is C=CCN(CCOC)S(=O)(=O)c1cc(CO)ccc1C. The maximum atomic E-state index is 12.7. The molecule has 0 saturated heterocycles. The zero-order valence-electron chi connectivity index (χ0n) is 11.9. The molecule has 0 spiro atoms. The van der Waals surface area contributed by atoms with E-state index in [0.29, 0.717) is 17.7 Å². The Kier molecular flexibility index (Phi) is 6.35. The summed E-state index contributed by atoms with van der Waals surface area (Å²) in [5, 5.41) is 9.16. The number of aryl methyl sites for hydroxylation is 1. The van der Waals surface area contributed by atoms with Crippen LogP contribution in [-0.4, -0.2) is 44.6 Å². The van der Waals surface area contributed by atoms with Crippen LogP contribution < -0.4 is 0 Å². The van der Waals surface area contributed by atoms with Crippen LogP contribution in [0.3, 0.4) is 0 Å². The number of nitrogens with zero attached hydrogens (tertiary/aromatic N) is 1. The van der Waals surface area contributed by atoms with Crippen LogP contribution in [0.4, 0.5) is 0 Å². The lowest BCUT2D eigenvalue weighted by Gasteiger charge is -2.21. The van der Waals surface area contributed by atoms with E-state index in [4.69, 9.17) is 9.84 Å². The lowest BCUT2D eigenvalue weighted by molar-refractivity contribution is 0.182. The topological polar surface area (TPSA) is 66.8 Å². The Bertz CT molecular complexity index is 554. The van der Waals surface area contributed by atoms with E-state index in [-0.39, 0.29) is 24.6 Å². The highest BCUT2D eigenvalue weighted by molar-refractivity contribution is 7.89. The quantitative estimate of drug-likeness (QED) is 0.735. The molecule has 0 atom stereocenters. The summed E-state index contributed by atoms with van der Waals surface area (Å²) in [7, 11) is -2.10. The number of benzene rings is 1. The first-order chi connectivity index (χ1) is 9.47. The molecule has 1 N–H and O–H groups in total. The van der Waals surface area contributed by atoms with Gasteiger partial charge in [-0.05, 0) is 24.1 Å². The molecule has 1 aromatic carbocycles. The number of rotatable bonds is 8. The number of hydrogen-bond acceptors (Lipinski definition) is 4. The maximum absolute atomic E-state index is 12.7. The van der Waals surface area contributed by atoms with Crippen LogP contribution in [0.1, 0.15) is 11.1 Å². The Labute approximate surface area is 120 Å². The van der Waals surface area contributed by atoms with Crippen LogP contribution in [0.2, 0.25) is 0 Å². The van der Waals surface area contributed by atoms with Crippen LogP contribution in [-0.2, 0) is 21.4 Å². The van der Waals surface area contributed by atoms with Gasteiger partial charge in [0.2, 0.25) is 10.0 Å². The molecule has 0 amide bonds. The highest BCUT2D eigenvalue weighted by Gasteiger charge is 2.25. The average molecular weight is 299 g/mol. The summed E-state index contributed by atoms with van der Waals surface area (Å²) < 4.78 is 31.6. The molecule has 20 heavy (non-hydrogen) atoms. The second-order valence-corrected chi connectivity index (χ2v) is 6.31. The fraction of sp³-hybridized carbons (Fsp3) is 0.429. The molecule has 0 aromatic heterocycles. The lowest BCUT2D eigenvalue weighted by Crippen LogP contribution is -2.34. The predicted octanol–water partition coefficient (Wildman–Crippen LogP) is 1.31. The lowest BCUT2D eigenvalue weighted by atomic mass is 10.2. The highest BCUT2D eigenvalue weighted by atomic mass is 32.2. The smallest absolute Gasteiger partial charge is 0.243 e. The zero-order valence-corrected chi connectivity index (χ0v) is 12.7. The molecule has 1 rings (SSSR count). The molecule has 0 unspecified atom stereocenters. The largest absolute Gasteiger partial charge is 0.392 e. The van der Waals surface area contributed by atoms with Gasteiger partial charge in [-0.25, -0.2) is 8.42 Å². The van der Waals surface area contributed by atoms with E-state index >= 15 is 0 Å². The molecule has 5 nitrogen and oxygen atoms in total. The van der Waals surface area contributed by atoms with Gasteiger partial charge in [-0.15, -0.1) is 6.58 Å². The van der Waals surface area contributed by atoms with Gasteiger partial charge in [0.1, 0.15) is 0 Å². The maximum Gasteiger partial charge on any atom is 0.243 e. The summed E-state index contributed by atoms with van der Waals surface area (Å²) in [5.74, 6) is 0. The van der Waals surface area contributed by atoms with Gasteiger partial charge in [0.15, 0.2) is 0 Å². The van der Waals surface area contributed by atoms with Crippen molar-refractivity contribution in [2.24, 2.45) is 0 Å². The summed E-state index contributed by atoms with van der Waals surface area (Å²) in [6, 6.07) is 4.91. The Morgan fingerprint density at radius 2 is 2.15 bits per heavy atom. The standard InChI is InChI=1S/C14H21NO4S/c1-4-7-15(8-9-19-3)20(17,18)14-10-13(11-16)6-5-12(14)2/h4-6,10,16H,1,7-9,11H2,2-3H3. The Balaban J connectivity index is 3.20. The van der Waals surface area contributed by atoms with Gasteiger partial charge in [0, 0.05) is 20.2 Å². The number of hydrogen-bond donors (Lipinski definition) is 1. The van der Waals surface area contributed by atoms with Gasteiger partial charge in [-0.2, -0.15) is 4.31 Å². The molecule has 0 saturated carbocycles. The molecule has 0 aliphatic rings. The summed E-state index contributed by atoms with van der Waals surface area (Å²) in [6.45, 7) is 5.91. The number of aliphatic hydroxyl groups is 1. The fourth-order valence-corrected chi connectivity index (χ4v) is 3.48. The molecular formula is C14H21NO4S. The Hall–Kier alpha value is -1.21. The minimum Gasteiger partial charge on any atom is -0.392 e. The number of ether oxygens (including phenoxy) is 1. The van der Waals surface area contributed by atoms with Crippen LogP contribution >= 0.6 is 0 Å². The third kappa shape index (κ3) is 3.89. The van der Waals surface area contributed by atoms with Crippen LogP contribution in [0.25, 0.3) is 0 Å². The van der Waals surface area contributed by atoms with Crippen molar-refractivity contribution in [3.63, 3.8) is 0 Å². The molecule has 0 radical (unpaired) electrons. The average Bonchev–Trinajstić information content (AvgIpc) is 2.43. The van der Waals surface area contributed by atoms with E-state index < -0.39 is 10.0 Å². The van der Waals surface area contributed by atoms with Crippen molar-refractivity contribution >= 4 is 10.0 Å². The van der Waals surface area contributed by atoms with Gasteiger partial charge in [-0.1, -0.05) is 18.2 Å². The van der Waals surface area contributed by atoms with Crippen molar-refractivity contribution in [3.8, 4) is 0 Å². The fourth-order valence-electron chi connectivity index (χ4n) is 1.81. The predicted molar refractivity (Wildman–Crippen MR) is 77.9 cm³/mol. The molecule has 6 heteroatoms. The summed E-state index contributed by atoms with van der Waals surface area (Å²) in [6.07, 6.45) is 1.54. The van der Waals surface area contributed by atoms with Crippen LogP contribution in [0, 0.1) is 6.92 Å². The van der Waals surface area contributed by atoms with Crippen molar-refractivity contribution < 1.29 is 18.3 Å². The minimum absolute atomic E-state index is 0.192. The van der Waals surface area contributed by atoms with Crippen LogP contribution in [0.5, 0.6) is 0 Å². The summed E-state index contributed by atoms with van der Waals surface area (Å²) >= 11 is 0. The van der Waals surface area contributed by atoms with Crippen molar-refractivity contribution in [3.05, 3.63) is 42.0 Å². The molecule has 0 bridgehead atoms. The summed E-state index contributed by atoms with van der Waals surface area (Å²) in [5.41, 5.74) is 1.22. The van der Waals surface area contributed by atoms with Gasteiger partial charge < -0.3 is 9.84 Å². The molecular weight excluding hydrogens is 278 g/mol. The number of aliphatic hydroxyl groups excluding tert-OH is 1. The van der Waals surface area contributed by atoms with E-state index in [1.807, 2.05) is 0 Å². The van der Waals surface area contributed by atoms with E-state index in [1.54, 1.807) is 25.1 Å². The monoisotopic (exact) mass is 299 g/mol. The molecule has 0 aliphatic carbocycles. The molecule has 1 aromatic rings. The van der Waals surface area contributed by atoms with Crippen molar-refractivity contribution in [1.82, 2.24) is 4.31 Å². The van der Waals surface area contributed by atoms with Crippen LogP contribution in [0.15, 0.2) is 35.7 Å². The second-order valence-electron chi connectivity index (χ2n) is 4.40. The molecule has 112 valence electrons. The second kappa shape index (κ2) is 7.54. The number of sulfonamides is 1. The first-order valence-electron chi connectivity index (χ1n) is 6.27. The van der Waals surface area contributed by atoms with Gasteiger partial charge in [0.25, 0.3) is 0 Å². The molecule has 0 fully saturated rings. The van der Waals surface area contributed by atoms with Gasteiger partial charge in [0.05, 0.1) is 18.1 Å². The van der Waals surface area contributed by atoms with E-state index in [0.717, 1.165) is 0 Å². The van der Waals surface area contributed by atoms with Crippen molar-refractivity contribution in [2.75, 3.05) is 26.8 Å². The van der Waals surface area contributed by atoms with Crippen molar-refractivity contribution in [1.29, 1.82) is 0 Å². The van der Waals surface area contributed by atoms with Gasteiger partial charge in [-0.3, -0.25) is 0 Å². The zero-order chi connectivity index (χ0) is 15.2. The number of methoxy groups -OCH3 is 1. The summed E-state index contributed by atoms with van der Waals surface area (Å²) in [4.78, 5) is 0.210. The first kappa shape index (κ1) is 16.8. The van der Waals surface area contributed by atoms with E-state index in [9.17, 15) is 8.42 Å². The third-order valence-corrected chi connectivity index (χ3v) is 4.94. The minimum atomic E-state index is -3.63. The third-order valence-electron chi connectivity index (χ3n) is 2.93. The Morgan fingerprint density at radius 1 is 1.45 bits per heavy atom. The van der Waals surface area contributed by atoms with Gasteiger partial charge >= 0.3 is 0 Å². The van der Waals surface area contributed by atoms with E-state index in [1.165, 1.54) is 17.5 Å². The first-order valence-corrected chi connectivity index (χ1v) is 7.71. The van der Waals surface area contributed by atoms with E-state index in [2.05, 4.69) is 6.58 Å². The normalized spacial score (nSPS) is 11.8. The Morgan fingerprint density at radius 3 is 2.70 bits per heavy atom.